The van der Waals surface area contributed by atoms with E-state index in [1.165, 1.54) is 0 Å². The molecule has 1 aromatic rings. The third-order valence-corrected chi connectivity index (χ3v) is 4.16. The Morgan fingerprint density at radius 3 is 2.96 bits per heavy atom. The summed E-state index contributed by atoms with van der Waals surface area (Å²) in [6.45, 7) is 5.37. The summed E-state index contributed by atoms with van der Waals surface area (Å²) < 4.78 is 5.42. The highest BCUT2D eigenvalue weighted by Gasteiger charge is 2.48. The van der Waals surface area contributed by atoms with Gasteiger partial charge in [-0.3, -0.25) is 9.88 Å². The van der Waals surface area contributed by atoms with E-state index in [0.29, 0.717) is 26.1 Å². The zero-order chi connectivity index (χ0) is 16.4. The normalized spacial score (nSPS) is 23.2. The van der Waals surface area contributed by atoms with Crippen LogP contribution in [0.25, 0.3) is 0 Å². The number of hydrogen-bond donors (Lipinski definition) is 1. The summed E-state index contributed by atoms with van der Waals surface area (Å²) in [7, 11) is 0. The SMILES string of the molecule is CC(C)NC(=O)N1C[C@@H]2OC(=O)N(CCc3ccccn3)[C@@H]2C1. The van der Waals surface area contributed by atoms with E-state index in [9.17, 15) is 9.59 Å². The van der Waals surface area contributed by atoms with Crippen LogP contribution in [0.3, 0.4) is 0 Å². The molecule has 3 amide bonds. The van der Waals surface area contributed by atoms with E-state index in [1.807, 2.05) is 32.0 Å². The standard InChI is InChI=1S/C16H22N4O3/c1-11(2)18-15(21)19-9-13-14(10-19)23-16(22)20(13)8-6-12-5-3-4-7-17-12/h3-5,7,11,13-14H,6,8-10H2,1-2H3,(H,18,21)/t13-,14+/m1/s1. The van der Waals surface area contributed by atoms with E-state index in [1.54, 1.807) is 16.0 Å². The summed E-state index contributed by atoms with van der Waals surface area (Å²) >= 11 is 0. The molecule has 0 aliphatic carbocycles. The highest BCUT2D eigenvalue weighted by atomic mass is 16.6. The molecule has 7 heteroatoms. The average molecular weight is 318 g/mol. The molecular weight excluding hydrogens is 296 g/mol. The Labute approximate surface area is 135 Å². The van der Waals surface area contributed by atoms with Gasteiger partial charge in [-0.15, -0.1) is 0 Å². The lowest BCUT2D eigenvalue weighted by Gasteiger charge is -2.23. The summed E-state index contributed by atoms with van der Waals surface area (Å²) in [6.07, 6.45) is 1.90. The molecule has 7 nitrogen and oxygen atoms in total. The maximum absolute atomic E-state index is 12.1. The first kappa shape index (κ1) is 15.6. The lowest BCUT2D eigenvalue weighted by Crippen LogP contribution is -2.45. The number of ether oxygens (including phenoxy) is 1. The summed E-state index contributed by atoms with van der Waals surface area (Å²) in [6, 6.07) is 5.66. The van der Waals surface area contributed by atoms with Gasteiger partial charge in [-0.2, -0.15) is 0 Å². The van der Waals surface area contributed by atoms with Crippen LogP contribution in [-0.2, 0) is 11.2 Å². The number of carbonyl (C=O) groups excluding carboxylic acids is 2. The van der Waals surface area contributed by atoms with E-state index in [-0.39, 0.29) is 30.3 Å². The number of fused-ring (bicyclic) bond motifs is 1. The van der Waals surface area contributed by atoms with Gasteiger partial charge in [0.1, 0.15) is 6.10 Å². The van der Waals surface area contributed by atoms with Crippen LogP contribution >= 0.6 is 0 Å². The Hall–Kier alpha value is -2.31. The number of aromatic nitrogens is 1. The van der Waals surface area contributed by atoms with Crippen molar-refractivity contribution in [3.63, 3.8) is 0 Å². The Balaban J connectivity index is 1.59. The van der Waals surface area contributed by atoms with Crippen molar-refractivity contribution >= 4 is 12.1 Å². The number of amides is 3. The molecule has 0 aromatic carbocycles. The van der Waals surface area contributed by atoms with Crippen molar-refractivity contribution in [2.75, 3.05) is 19.6 Å². The third kappa shape index (κ3) is 3.38. The van der Waals surface area contributed by atoms with Crippen molar-refractivity contribution in [1.82, 2.24) is 20.1 Å². The number of urea groups is 1. The summed E-state index contributed by atoms with van der Waals surface area (Å²) in [4.78, 5) is 31.8. The van der Waals surface area contributed by atoms with Crippen LogP contribution in [0.5, 0.6) is 0 Å². The van der Waals surface area contributed by atoms with Crippen LogP contribution < -0.4 is 5.32 Å². The molecule has 0 bridgehead atoms. The fourth-order valence-corrected chi connectivity index (χ4v) is 3.05. The van der Waals surface area contributed by atoms with Gasteiger partial charge >= 0.3 is 12.1 Å². The van der Waals surface area contributed by atoms with Gasteiger partial charge in [-0.25, -0.2) is 9.59 Å². The minimum Gasteiger partial charge on any atom is -0.442 e. The molecular formula is C16H22N4O3. The number of rotatable bonds is 4. The Morgan fingerprint density at radius 1 is 1.43 bits per heavy atom. The molecule has 1 N–H and O–H groups in total. The number of likely N-dealkylation sites (tertiary alicyclic amines) is 1. The second-order valence-corrected chi connectivity index (χ2v) is 6.26. The van der Waals surface area contributed by atoms with E-state index in [4.69, 9.17) is 4.74 Å². The van der Waals surface area contributed by atoms with Crippen LogP contribution in [0.2, 0.25) is 0 Å². The molecule has 2 fully saturated rings. The van der Waals surface area contributed by atoms with Crippen LogP contribution in [0.4, 0.5) is 9.59 Å². The van der Waals surface area contributed by atoms with Gasteiger partial charge in [0, 0.05) is 37.4 Å². The molecule has 2 atom stereocenters. The van der Waals surface area contributed by atoms with Gasteiger partial charge in [-0.1, -0.05) is 6.07 Å². The van der Waals surface area contributed by atoms with E-state index in [0.717, 1.165) is 5.69 Å². The fourth-order valence-electron chi connectivity index (χ4n) is 3.05. The van der Waals surface area contributed by atoms with Gasteiger partial charge < -0.3 is 15.0 Å². The van der Waals surface area contributed by atoms with Gasteiger partial charge in [0.05, 0.1) is 12.6 Å². The maximum Gasteiger partial charge on any atom is 0.410 e. The fraction of sp³-hybridized carbons (Fsp3) is 0.562. The van der Waals surface area contributed by atoms with Crippen molar-refractivity contribution < 1.29 is 14.3 Å². The topological polar surface area (TPSA) is 74.8 Å². The molecule has 23 heavy (non-hydrogen) atoms. The van der Waals surface area contributed by atoms with Gasteiger partial charge in [0.15, 0.2) is 0 Å². The van der Waals surface area contributed by atoms with Crippen molar-refractivity contribution in [3.8, 4) is 0 Å². The van der Waals surface area contributed by atoms with E-state index in [2.05, 4.69) is 10.3 Å². The van der Waals surface area contributed by atoms with Crippen LogP contribution in [0.1, 0.15) is 19.5 Å². The molecule has 1 aromatic heterocycles. The smallest absolute Gasteiger partial charge is 0.410 e. The first-order valence-corrected chi connectivity index (χ1v) is 7.97. The molecule has 0 spiro atoms. The molecule has 2 aliphatic rings. The lowest BCUT2D eigenvalue weighted by molar-refractivity contribution is 0.123. The minimum absolute atomic E-state index is 0.0656. The first-order chi connectivity index (χ1) is 11.0. The quantitative estimate of drug-likeness (QED) is 0.906. The third-order valence-electron chi connectivity index (χ3n) is 4.16. The largest absolute Gasteiger partial charge is 0.442 e. The molecule has 2 saturated heterocycles. The molecule has 2 aliphatic heterocycles. The monoisotopic (exact) mass is 318 g/mol. The molecule has 0 unspecified atom stereocenters. The summed E-state index contributed by atoms with van der Waals surface area (Å²) in [5.74, 6) is 0. The molecule has 124 valence electrons. The lowest BCUT2D eigenvalue weighted by atomic mass is 10.2. The number of hydrogen-bond acceptors (Lipinski definition) is 4. The Kier molecular flexibility index (Phi) is 4.36. The predicted molar refractivity (Wildman–Crippen MR) is 83.9 cm³/mol. The Morgan fingerprint density at radius 2 is 2.26 bits per heavy atom. The highest BCUT2D eigenvalue weighted by Crippen LogP contribution is 2.27. The van der Waals surface area contributed by atoms with Crippen LogP contribution in [0, 0.1) is 0 Å². The molecule has 0 radical (unpaired) electrons. The predicted octanol–water partition coefficient (Wildman–Crippen LogP) is 1.25. The Bertz CT molecular complexity index is 578. The minimum atomic E-state index is -0.292. The van der Waals surface area contributed by atoms with Crippen LogP contribution in [-0.4, -0.2) is 64.7 Å². The highest BCUT2D eigenvalue weighted by molar-refractivity contribution is 5.76. The van der Waals surface area contributed by atoms with E-state index >= 15 is 0 Å². The van der Waals surface area contributed by atoms with Crippen LogP contribution in [0.15, 0.2) is 24.4 Å². The van der Waals surface area contributed by atoms with Crippen molar-refractivity contribution in [1.29, 1.82) is 0 Å². The van der Waals surface area contributed by atoms with Crippen molar-refractivity contribution in [2.24, 2.45) is 0 Å². The second kappa shape index (κ2) is 6.44. The zero-order valence-corrected chi connectivity index (χ0v) is 13.4. The molecule has 0 saturated carbocycles. The second-order valence-electron chi connectivity index (χ2n) is 6.26. The van der Waals surface area contributed by atoms with Gasteiger partial charge in [0.2, 0.25) is 0 Å². The molecule has 3 rings (SSSR count). The first-order valence-electron chi connectivity index (χ1n) is 7.97. The van der Waals surface area contributed by atoms with E-state index < -0.39 is 0 Å². The number of nitrogens with one attached hydrogen (secondary N) is 1. The maximum atomic E-state index is 12.1. The number of pyridine rings is 1. The van der Waals surface area contributed by atoms with Gasteiger partial charge in [0.25, 0.3) is 0 Å². The van der Waals surface area contributed by atoms with Crippen molar-refractivity contribution in [3.05, 3.63) is 30.1 Å². The molecule has 3 heterocycles. The average Bonchev–Trinajstić information content (AvgIpc) is 3.03. The van der Waals surface area contributed by atoms with Crippen molar-refractivity contribution in [2.45, 2.75) is 38.5 Å². The zero-order valence-electron chi connectivity index (χ0n) is 13.4. The summed E-state index contributed by atoms with van der Waals surface area (Å²) in [5.41, 5.74) is 0.941. The van der Waals surface area contributed by atoms with Gasteiger partial charge in [-0.05, 0) is 26.0 Å². The number of nitrogens with zero attached hydrogens (tertiary/aromatic N) is 3. The summed E-state index contributed by atoms with van der Waals surface area (Å²) in [5, 5.41) is 2.88. The number of carbonyl (C=O) groups is 2.